The number of fused-ring (bicyclic) bond motifs is 27. The zero-order chi connectivity index (χ0) is 61.9. The molecule has 0 atom stereocenters. The second kappa shape index (κ2) is 18.2. The highest BCUT2D eigenvalue weighted by atomic mass is 32.1. The van der Waals surface area contributed by atoms with Gasteiger partial charge in [-0.2, -0.15) is 0 Å². The van der Waals surface area contributed by atoms with Crippen LogP contribution in [0.2, 0.25) is 0 Å². The van der Waals surface area contributed by atoms with E-state index in [0.29, 0.717) is 0 Å². The Kier molecular flexibility index (Phi) is 9.62. The average Bonchev–Trinajstić information content (AvgIpc) is 1.33. The van der Waals surface area contributed by atoms with E-state index >= 15 is 0 Å². The molecule has 0 saturated heterocycles. The monoisotopic (exact) mass is 1250 g/mol. The summed E-state index contributed by atoms with van der Waals surface area (Å²) in [5.41, 5.74) is 25.3. The maximum Gasteiger partial charge on any atom is 0.333 e. The fourth-order valence-corrected chi connectivity index (χ4v) is 20.7. The Morgan fingerprint density at radius 2 is 0.771 bits per heavy atom. The summed E-state index contributed by atoms with van der Waals surface area (Å²) in [6.07, 6.45) is 0. The molecule has 4 aliphatic heterocycles. The molecule has 0 unspecified atom stereocenters. The summed E-state index contributed by atoms with van der Waals surface area (Å²) in [6, 6.07) is 112. The van der Waals surface area contributed by atoms with Crippen molar-refractivity contribution in [1.82, 2.24) is 8.96 Å². The van der Waals surface area contributed by atoms with Crippen molar-refractivity contribution < 1.29 is 0 Å². The van der Waals surface area contributed by atoms with E-state index in [-0.39, 0.29) is 13.7 Å². The summed E-state index contributed by atoms with van der Waals surface area (Å²) >= 11 is 3.84. The predicted molar refractivity (Wildman–Crippen MR) is 415 cm³/mol. The minimum Gasteiger partial charge on any atom is -0.375 e. The molecule has 96 heavy (non-hydrogen) atoms. The lowest BCUT2D eigenvalue weighted by molar-refractivity contribution is 1.27. The standard InChI is InChI=1S/C88H48B2N4S2/c1-2-18-52-41-58(37-34-49(52)16-1)91-74-39-36-51-17-5-6-21-60(51)82(74)90-84-68(48-79-81(88(84)91)66-25-10-14-31-77(66)96-79)70-44-57(43-69-62-23-8-12-29-73(62)94(90)86(69)70)55-33-32-50-35-38-59(42-56(50)40-55)92-75-46-54-20-4-3-19-53(54)45-71(75)89-83-67(47-78-80(87(83)92)65-24-9-13-30-76(65)95-78)64-27-15-26-63-61-22-7-11-28-72(61)93(89)85(63)64/h1-48H. The van der Waals surface area contributed by atoms with Crippen LogP contribution in [0.1, 0.15) is 0 Å². The van der Waals surface area contributed by atoms with Crippen molar-refractivity contribution in [3.8, 4) is 33.4 Å². The molecule has 4 aliphatic rings. The molecule has 8 heteroatoms. The van der Waals surface area contributed by atoms with E-state index in [1.807, 2.05) is 22.7 Å². The number of benzene rings is 16. The molecule has 0 fully saturated rings. The number of hydrogen-bond donors (Lipinski definition) is 0. The van der Waals surface area contributed by atoms with Crippen LogP contribution in [0.25, 0.3) is 160 Å². The van der Waals surface area contributed by atoms with E-state index in [9.17, 15) is 0 Å². The fraction of sp³-hybridized carbons (Fsp3) is 0. The number of anilines is 6. The molecular formula is C88H48B2N4S2. The Labute approximate surface area is 558 Å². The summed E-state index contributed by atoms with van der Waals surface area (Å²) in [5.74, 6) is 0. The lowest BCUT2D eigenvalue weighted by Gasteiger charge is -2.41. The minimum absolute atomic E-state index is 0.0727. The molecule has 0 aliphatic carbocycles. The van der Waals surface area contributed by atoms with E-state index in [0.717, 1.165) is 11.4 Å². The highest BCUT2D eigenvalue weighted by molar-refractivity contribution is 7.26. The van der Waals surface area contributed by atoms with Crippen LogP contribution in [0.3, 0.4) is 0 Å². The van der Waals surface area contributed by atoms with Gasteiger partial charge in [-0.25, -0.2) is 0 Å². The van der Waals surface area contributed by atoms with Gasteiger partial charge in [0.1, 0.15) is 0 Å². The Morgan fingerprint density at radius 3 is 1.49 bits per heavy atom. The summed E-state index contributed by atoms with van der Waals surface area (Å²) < 4.78 is 10.6. The molecule has 20 aromatic rings. The van der Waals surface area contributed by atoms with Crippen LogP contribution in [0.15, 0.2) is 291 Å². The van der Waals surface area contributed by atoms with E-state index in [2.05, 4.69) is 310 Å². The number of nitrogens with zero attached hydrogens (tertiary/aromatic N) is 4. The molecule has 4 aromatic heterocycles. The second-order valence-electron chi connectivity index (χ2n) is 26.9. The normalized spacial score (nSPS) is 13.5. The summed E-state index contributed by atoms with van der Waals surface area (Å²) in [6.45, 7) is -0.192. The SMILES string of the molecule is c1ccc2cc(N3c4ccc5ccccc5c4B4c5c(cc6sc7ccccc7c6c53)-c3cc(-c5ccc6ccc(N7c8cc9ccccc9cc8B8c9c(cc%10sc%11ccccc%11c%10c97)-c7cccc9c%10ccccc%10n8c79)cc6c5)cc5c6ccccc6n4c35)ccc2c1. The second-order valence-corrected chi connectivity index (χ2v) is 29.1. The fourth-order valence-electron chi connectivity index (χ4n) is 18.4. The molecule has 0 bridgehead atoms. The lowest BCUT2D eigenvalue weighted by Crippen LogP contribution is -2.57. The highest BCUT2D eigenvalue weighted by Gasteiger charge is 2.47. The first-order valence-corrected chi connectivity index (χ1v) is 35.0. The third-order valence-electron chi connectivity index (χ3n) is 22.3. The van der Waals surface area contributed by atoms with Crippen LogP contribution in [0, 0.1) is 0 Å². The zero-order valence-corrected chi connectivity index (χ0v) is 53.1. The van der Waals surface area contributed by atoms with Crippen LogP contribution < -0.4 is 31.7 Å². The smallest absolute Gasteiger partial charge is 0.333 e. The number of para-hydroxylation sites is 3. The van der Waals surface area contributed by atoms with Gasteiger partial charge >= 0.3 is 13.7 Å². The molecule has 24 rings (SSSR count). The van der Waals surface area contributed by atoms with Crippen molar-refractivity contribution in [3.63, 3.8) is 0 Å². The Balaban J connectivity index is 0.768. The largest absolute Gasteiger partial charge is 0.375 e. The predicted octanol–water partition coefficient (Wildman–Crippen LogP) is 21.8. The number of rotatable bonds is 3. The molecule has 0 saturated carbocycles. The Hall–Kier alpha value is -11.7. The van der Waals surface area contributed by atoms with Gasteiger partial charge in [-0.15, -0.1) is 22.7 Å². The van der Waals surface area contributed by atoms with Crippen molar-refractivity contribution in [3.05, 3.63) is 291 Å². The van der Waals surface area contributed by atoms with E-state index in [4.69, 9.17) is 0 Å². The number of hydrogen-bond acceptors (Lipinski definition) is 4. The first-order chi connectivity index (χ1) is 47.6. The van der Waals surface area contributed by atoms with Crippen molar-refractivity contribution in [2.75, 3.05) is 9.80 Å². The van der Waals surface area contributed by atoms with Gasteiger partial charge in [-0.1, -0.05) is 200 Å². The van der Waals surface area contributed by atoms with Crippen molar-refractivity contribution >= 4 is 219 Å². The van der Waals surface area contributed by atoms with Gasteiger partial charge in [0, 0.05) is 118 Å². The first kappa shape index (κ1) is 50.8. The maximum absolute atomic E-state index is 2.74. The molecule has 4 nitrogen and oxygen atoms in total. The van der Waals surface area contributed by atoms with Gasteiger partial charge in [0.2, 0.25) is 0 Å². The molecule has 0 spiro atoms. The number of aromatic nitrogens is 2. The summed E-state index contributed by atoms with van der Waals surface area (Å²) in [7, 11) is 0. The molecule has 0 N–H and O–H groups in total. The van der Waals surface area contributed by atoms with Crippen LogP contribution in [-0.4, -0.2) is 22.7 Å². The van der Waals surface area contributed by atoms with E-state index < -0.39 is 0 Å². The molecule has 0 amide bonds. The third-order valence-corrected chi connectivity index (χ3v) is 24.5. The lowest BCUT2D eigenvalue weighted by atomic mass is 9.44. The molecule has 8 heterocycles. The molecule has 438 valence electrons. The third kappa shape index (κ3) is 6.42. The zero-order valence-electron chi connectivity index (χ0n) is 51.5. The van der Waals surface area contributed by atoms with Crippen LogP contribution >= 0.6 is 22.7 Å². The molecule has 16 aromatic carbocycles. The van der Waals surface area contributed by atoms with Crippen LogP contribution in [0.5, 0.6) is 0 Å². The van der Waals surface area contributed by atoms with Crippen LogP contribution in [-0.2, 0) is 0 Å². The van der Waals surface area contributed by atoms with Crippen LogP contribution in [0.4, 0.5) is 34.1 Å². The molecule has 0 radical (unpaired) electrons. The molecular weight excluding hydrogens is 1200 g/mol. The topological polar surface area (TPSA) is 16.3 Å². The van der Waals surface area contributed by atoms with Gasteiger partial charge in [-0.3, -0.25) is 0 Å². The summed E-state index contributed by atoms with van der Waals surface area (Å²) in [4.78, 5) is 5.31. The summed E-state index contributed by atoms with van der Waals surface area (Å²) in [5, 5.41) is 20.2. The Bertz CT molecular complexity index is 7030. The van der Waals surface area contributed by atoms with E-state index in [1.165, 1.54) is 205 Å². The van der Waals surface area contributed by atoms with Crippen molar-refractivity contribution in [2.24, 2.45) is 0 Å². The van der Waals surface area contributed by atoms with Gasteiger partial charge in [-0.05, 0) is 178 Å². The van der Waals surface area contributed by atoms with E-state index in [1.54, 1.807) is 0 Å². The van der Waals surface area contributed by atoms with Crippen molar-refractivity contribution in [2.45, 2.75) is 0 Å². The minimum atomic E-state index is -0.120. The number of thiophene rings is 2. The van der Waals surface area contributed by atoms with Gasteiger partial charge in [0.15, 0.2) is 0 Å². The maximum atomic E-state index is 2.74. The average molecular weight is 1250 g/mol. The van der Waals surface area contributed by atoms with Gasteiger partial charge in [0.05, 0.1) is 11.4 Å². The Morgan fingerprint density at radius 1 is 0.260 bits per heavy atom. The van der Waals surface area contributed by atoms with Crippen molar-refractivity contribution in [1.29, 1.82) is 0 Å². The first-order valence-electron chi connectivity index (χ1n) is 33.3. The van der Waals surface area contributed by atoms with Gasteiger partial charge in [0.25, 0.3) is 0 Å². The van der Waals surface area contributed by atoms with Gasteiger partial charge < -0.3 is 18.8 Å². The highest BCUT2D eigenvalue weighted by Crippen LogP contribution is 2.55. The quantitative estimate of drug-likeness (QED) is 0.164.